The number of hydrogen-bond acceptors (Lipinski definition) is 7. The third kappa shape index (κ3) is 4.08. The number of benzene rings is 1. The number of aryl methyl sites for hydroxylation is 2. The Kier molecular flexibility index (Phi) is 5.16. The van der Waals surface area contributed by atoms with Crippen LogP contribution in [0.25, 0.3) is 0 Å². The number of hydrogen-bond donors (Lipinski definition) is 1. The van der Waals surface area contributed by atoms with Gasteiger partial charge in [-0.25, -0.2) is 0 Å². The van der Waals surface area contributed by atoms with Gasteiger partial charge in [0.05, 0.1) is 0 Å². The van der Waals surface area contributed by atoms with Crippen LogP contribution in [0.2, 0.25) is 0 Å². The summed E-state index contributed by atoms with van der Waals surface area (Å²) in [5.41, 5.74) is 1.72. The van der Waals surface area contributed by atoms with Gasteiger partial charge in [0.25, 0.3) is 5.56 Å². The first-order valence-electron chi connectivity index (χ1n) is 6.59. The molecule has 116 valence electrons. The first-order chi connectivity index (χ1) is 10.5. The Bertz CT molecular complexity index is 728. The maximum atomic E-state index is 12.0. The number of carboxylic acid groups (broad SMARTS) is 1. The number of aliphatic carboxylic acids is 1. The molecule has 0 fully saturated rings. The van der Waals surface area contributed by atoms with Crippen LogP contribution >= 0.6 is 11.8 Å². The first kappa shape index (κ1) is 16.0. The van der Waals surface area contributed by atoms with Crippen LogP contribution in [0.5, 0.6) is 0 Å². The van der Waals surface area contributed by atoms with E-state index in [1.54, 1.807) is 0 Å². The van der Waals surface area contributed by atoms with Crippen molar-refractivity contribution in [1.82, 2.24) is 14.9 Å². The van der Waals surface area contributed by atoms with E-state index in [0.717, 1.165) is 10.2 Å². The van der Waals surface area contributed by atoms with Gasteiger partial charge in [0.1, 0.15) is 5.69 Å². The molecule has 7 nitrogen and oxygen atoms in total. The van der Waals surface area contributed by atoms with Crippen LogP contribution < -0.4 is 16.5 Å². The van der Waals surface area contributed by atoms with Gasteiger partial charge in [-0.1, -0.05) is 41.6 Å². The molecule has 2 rings (SSSR count). The Morgan fingerprint density at radius 1 is 1.32 bits per heavy atom. The lowest BCUT2D eigenvalue weighted by atomic mass is 10.2. The van der Waals surface area contributed by atoms with E-state index in [1.807, 2.05) is 31.2 Å². The summed E-state index contributed by atoms with van der Waals surface area (Å²) >= 11 is 1.29. The lowest BCUT2D eigenvalue weighted by Crippen LogP contribution is -2.34. The van der Waals surface area contributed by atoms with Crippen molar-refractivity contribution in [3.63, 3.8) is 0 Å². The third-order valence-corrected chi connectivity index (χ3v) is 4.00. The number of thioether (sulfide) groups is 1. The minimum atomic E-state index is -1.25. The summed E-state index contributed by atoms with van der Waals surface area (Å²) in [7, 11) is 0. The van der Waals surface area contributed by atoms with Gasteiger partial charge in [-0.05, 0) is 18.9 Å². The maximum absolute atomic E-state index is 12.0. The van der Waals surface area contributed by atoms with E-state index in [4.69, 9.17) is 5.84 Å². The summed E-state index contributed by atoms with van der Waals surface area (Å²) in [6, 6.07) is 7.98. The molecule has 0 amide bonds. The molecule has 0 saturated carbocycles. The molecule has 22 heavy (non-hydrogen) atoms. The van der Waals surface area contributed by atoms with Crippen LogP contribution in [-0.2, 0) is 17.0 Å². The molecular weight excluding hydrogens is 304 g/mol. The SMILES string of the molecule is Cc1ccc(CSc2nnc(CCC(=O)[O-])c(=O)n2N)cc1. The molecule has 0 aliphatic heterocycles. The van der Waals surface area contributed by atoms with Gasteiger partial charge in [-0.2, -0.15) is 4.68 Å². The van der Waals surface area contributed by atoms with Crippen molar-refractivity contribution < 1.29 is 9.90 Å². The Labute approximate surface area is 131 Å². The lowest BCUT2D eigenvalue weighted by Gasteiger charge is -2.08. The zero-order valence-corrected chi connectivity index (χ0v) is 12.8. The van der Waals surface area contributed by atoms with Gasteiger partial charge in [0.15, 0.2) is 0 Å². The van der Waals surface area contributed by atoms with Crippen molar-refractivity contribution >= 4 is 17.7 Å². The molecule has 0 atom stereocenters. The van der Waals surface area contributed by atoms with Crippen LogP contribution in [0, 0.1) is 6.92 Å². The molecule has 1 aromatic heterocycles. The van der Waals surface area contributed by atoms with Crippen molar-refractivity contribution in [3.8, 4) is 0 Å². The lowest BCUT2D eigenvalue weighted by molar-refractivity contribution is -0.305. The molecule has 0 saturated heterocycles. The van der Waals surface area contributed by atoms with Crippen LogP contribution in [0.3, 0.4) is 0 Å². The summed E-state index contributed by atoms with van der Waals surface area (Å²) in [6.45, 7) is 2.01. The predicted molar refractivity (Wildman–Crippen MR) is 80.5 cm³/mol. The number of carbonyl (C=O) groups excluding carboxylic acids is 1. The maximum Gasteiger partial charge on any atom is 0.294 e. The summed E-state index contributed by atoms with van der Waals surface area (Å²) in [6.07, 6.45) is -0.339. The van der Waals surface area contributed by atoms with Gasteiger partial charge >= 0.3 is 0 Å². The highest BCUT2D eigenvalue weighted by Crippen LogP contribution is 2.18. The fourth-order valence-electron chi connectivity index (χ4n) is 1.73. The van der Waals surface area contributed by atoms with Crippen molar-refractivity contribution in [2.24, 2.45) is 0 Å². The quantitative estimate of drug-likeness (QED) is 0.571. The van der Waals surface area contributed by atoms with E-state index in [0.29, 0.717) is 5.75 Å². The molecule has 0 unspecified atom stereocenters. The predicted octanol–water partition coefficient (Wildman–Crippen LogP) is -0.365. The van der Waals surface area contributed by atoms with Crippen LogP contribution in [0.15, 0.2) is 34.2 Å². The number of carboxylic acids is 1. The number of carbonyl (C=O) groups is 1. The molecule has 0 spiro atoms. The second kappa shape index (κ2) is 7.08. The molecule has 1 heterocycles. The second-order valence-electron chi connectivity index (χ2n) is 4.75. The summed E-state index contributed by atoms with van der Waals surface area (Å²) in [5, 5.41) is 18.3. The molecular formula is C14H15N4O3S-. The molecule has 0 aliphatic carbocycles. The Morgan fingerprint density at radius 2 is 2.00 bits per heavy atom. The molecule has 0 bridgehead atoms. The Hall–Kier alpha value is -2.35. The van der Waals surface area contributed by atoms with Gasteiger partial charge in [-0.15, -0.1) is 10.2 Å². The van der Waals surface area contributed by atoms with E-state index in [9.17, 15) is 14.7 Å². The number of nitrogens with zero attached hydrogens (tertiary/aromatic N) is 3. The van der Waals surface area contributed by atoms with Crippen molar-refractivity contribution in [2.75, 3.05) is 5.84 Å². The molecule has 0 radical (unpaired) electrons. The van der Waals surface area contributed by atoms with E-state index >= 15 is 0 Å². The molecule has 1 aromatic carbocycles. The summed E-state index contributed by atoms with van der Waals surface area (Å²) < 4.78 is 0.899. The van der Waals surface area contributed by atoms with Crippen LogP contribution in [0.1, 0.15) is 23.2 Å². The highest BCUT2D eigenvalue weighted by atomic mass is 32.2. The normalized spacial score (nSPS) is 10.6. The smallest absolute Gasteiger partial charge is 0.294 e. The first-order valence-corrected chi connectivity index (χ1v) is 7.58. The van der Waals surface area contributed by atoms with E-state index in [-0.39, 0.29) is 23.7 Å². The average molecular weight is 319 g/mol. The highest BCUT2D eigenvalue weighted by Gasteiger charge is 2.10. The Morgan fingerprint density at radius 3 is 2.64 bits per heavy atom. The highest BCUT2D eigenvalue weighted by molar-refractivity contribution is 7.98. The van der Waals surface area contributed by atoms with Gasteiger partial charge in [-0.3, -0.25) is 4.79 Å². The fourth-order valence-corrected chi connectivity index (χ4v) is 2.54. The monoisotopic (exact) mass is 319 g/mol. The van der Waals surface area contributed by atoms with Crippen molar-refractivity contribution in [3.05, 3.63) is 51.4 Å². The summed E-state index contributed by atoms with van der Waals surface area (Å²) in [5.74, 6) is 5.05. The molecule has 2 N–H and O–H groups in total. The van der Waals surface area contributed by atoms with E-state index in [2.05, 4.69) is 10.2 Å². The Balaban J connectivity index is 2.08. The molecule has 2 aromatic rings. The number of aromatic nitrogens is 3. The minimum Gasteiger partial charge on any atom is -0.550 e. The standard InChI is InChI=1S/C14H16N4O3S/c1-9-2-4-10(5-3-9)8-22-14-17-16-11(6-7-12(19)20)13(21)18(14)15/h2-5H,6-8,15H2,1H3,(H,19,20)/p-1. The molecule has 8 heteroatoms. The minimum absolute atomic E-state index is 0.0198. The van der Waals surface area contributed by atoms with Gasteiger partial charge in [0.2, 0.25) is 5.16 Å². The van der Waals surface area contributed by atoms with Crippen LogP contribution in [-0.4, -0.2) is 20.8 Å². The van der Waals surface area contributed by atoms with Gasteiger partial charge < -0.3 is 15.7 Å². The fraction of sp³-hybridized carbons (Fsp3) is 0.286. The average Bonchev–Trinajstić information content (AvgIpc) is 2.49. The number of rotatable bonds is 6. The van der Waals surface area contributed by atoms with Crippen LogP contribution in [0.4, 0.5) is 0 Å². The largest absolute Gasteiger partial charge is 0.550 e. The molecule has 0 aliphatic rings. The van der Waals surface area contributed by atoms with Gasteiger partial charge in [0, 0.05) is 18.1 Å². The van der Waals surface area contributed by atoms with E-state index in [1.165, 1.54) is 17.3 Å². The number of nitrogen functional groups attached to an aromatic ring is 1. The van der Waals surface area contributed by atoms with Crippen molar-refractivity contribution in [2.45, 2.75) is 30.7 Å². The van der Waals surface area contributed by atoms with Crippen molar-refractivity contribution in [1.29, 1.82) is 0 Å². The topological polar surface area (TPSA) is 114 Å². The zero-order valence-electron chi connectivity index (χ0n) is 12.0. The second-order valence-corrected chi connectivity index (χ2v) is 5.69. The summed E-state index contributed by atoms with van der Waals surface area (Å²) in [4.78, 5) is 22.4. The van der Waals surface area contributed by atoms with E-state index < -0.39 is 11.5 Å². The third-order valence-electron chi connectivity index (χ3n) is 2.98. The number of nitrogens with two attached hydrogens (primary N) is 1. The zero-order chi connectivity index (χ0) is 16.1.